The van der Waals surface area contributed by atoms with Crippen LogP contribution < -0.4 is 5.32 Å². The molecule has 104 valence electrons. The summed E-state index contributed by atoms with van der Waals surface area (Å²) >= 11 is 0. The number of urea groups is 1. The van der Waals surface area contributed by atoms with E-state index in [1.165, 1.54) is 32.2 Å². The molecule has 0 aromatic rings. The average molecular weight is 256 g/mol. The van der Waals surface area contributed by atoms with E-state index in [1.807, 2.05) is 6.92 Å². The quantitative estimate of drug-likeness (QED) is 0.813. The number of likely N-dealkylation sites (N-methyl/N-ethyl adjacent to an activating group) is 1. The lowest BCUT2D eigenvalue weighted by molar-refractivity contribution is -0.147. The minimum absolute atomic E-state index is 0.196. The van der Waals surface area contributed by atoms with Crippen molar-refractivity contribution in [1.29, 1.82) is 0 Å². The van der Waals surface area contributed by atoms with Gasteiger partial charge in [0.25, 0.3) is 0 Å². The zero-order valence-electron chi connectivity index (χ0n) is 11.7. The lowest BCUT2D eigenvalue weighted by Crippen LogP contribution is -2.58. The first-order valence-corrected chi connectivity index (χ1v) is 6.48. The molecular weight excluding hydrogens is 232 g/mol. The van der Waals surface area contributed by atoms with Crippen LogP contribution in [0.1, 0.15) is 52.9 Å². The van der Waals surface area contributed by atoms with Crippen LogP contribution in [-0.4, -0.2) is 40.1 Å². The Balaban J connectivity index is 2.67. The van der Waals surface area contributed by atoms with Crippen LogP contribution in [0.25, 0.3) is 0 Å². The number of amides is 2. The van der Waals surface area contributed by atoms with E-state index in [0.717, 1.165) is 25.7 Å². The highest BCUT2D eigenvalue weighted by Gasteiger charge is 2.38. The lowest BCUT2D eigenvalue weighted by atomic mass is 9.83. The number of nitrogens with one attached hydrogen (secondary N) is 1. The molecule has 0 radical (unpaired) electrons. The molecule has 0 unspecified atom stereocenters. The minimum Gasteiger partial charge on any atom is -0.480 e. The van der Waals surface area contributed by atoms with Gasteiger partial charge in [-0.15, -0.1) is 0 Å². The summed E-state index contributed by atoms with van der Waals surface area (Å²) in [4.78, 5) is 24.5. The van der Waals surface area contributed by atoms with E-state index in [4.69, 9.17) is 5.11 Å². The van der Waals surface area contributed by atoms with Crippen molar-refractivity contribution >= 4 is 12.0 Å². The van der Waals surface area contributed by atoms with E-state index in [-0.39, 0.29) is 11.6 Å². The summed E-state index contributed by atoms with van der Waals surface area (Å²) in [5.74, 6) is -1.01. The number of rotatable bonds is 3. The molecule has 1 rings (SSSR count). The Bertz CT molecular complexity index is 333. The fourth-order valence-corrected chi connectivity index (χ4v) is 2.20. The van der Waals surface area contributed by atoms with Gasteiger partial charge in [-0.3, -0.25) is 0 Å². The molecule has 0 bridgehead atoms. The standard InChI is InChI=1S/C13H24N2O3/c1-12(2,10(16)17)15(4)11(18)14-13(3)8-6-5-7-9-13/h5-9H2,1-4H3,(H,14,18)(H,16,17). The molecule has 0 aliphatic heterocycles. The molecular formula is C13H24N2O3. The van der Waals surface area contributed by atoms with Crippen LogP contribution in [0.3, 0.4) is 0 Å². The highest BCUT2D eigenvalue weighted by molar-refractivity contribution is 5.85. The number of nitrogens with zero attached hydrogens (tertiary/aromatic N) is 1. The van der Waals surface area contributed by atoms with Crippen molar-refractivity contribution in [3.63, 3.8) is 0 Å². The first kappa shape index (κ1) is 14.8. The lowest BCUT2D eigenvalue weighted by Gasteiger charge is -2.39. The number of carboxylic acids is 1. The molecule has 0 spiro atoms. The fourth-order valence-electron chi connectivity index (χ4n) is 2.20. The van der Waals surface area contributed by atoms with Crippen molar-refractivity contribution in [2.45, 2.75) is 64.0 Å². The molecule has 2 N–H and O–H groups in total. The average Bonchev–Trinajstić information content (AvgIpc) is 2.28. The predicted octanol–water partition coefficient (Wildman–Crippen LogP) is 2.21. The summed E-state index contributed by atoms with van der Waals surface area (Å²) in [5.41, 5.74) is -1.40. The summed E-state index contributed by atoms with van der Waals surface area (Å²) in [6.07, 6.45) is 5.35. The first-order chi connectivity index (χ1) is 8.19. The second kappa shape index (κ2) is 5.16. The summed E-state index contributed by atoms with van der Waals surface area (Å²) in [6, 6.07) is -0.313. The van der Waals surface area contributed by atoms with Crippen LogP contribution >= 0.6 is 0 Å². The minimum atomic E-state index is -1.20. The number of aliphatic carboxylic acids is 1. The van der Waals surface area contributed by atoms with Crippen molar-refractivity contribution in [3.8, 4) is 0 Å². The normalized spacial score (nSPS) is 19.1. The summed E-state index contributed by atoms with van der Waals surface area (Å²) < 4.78 is 0. The molecule has 1 aliphatic carbocycles. The van der Waals surface area contributed by atoms with E-state index >= 15 is 0 Å². The Labute approximate surface area is 109 Å². The van der Waals surface area contributed by atoms with Gasteiger partial charge in [0.15, 0.2) is 0 Å². The Morgan fingerprint density at radius 2 is 1.72 bits per heavy atom. The van der Waals surface area contributed by atoms with Crippen LogP contribution in [0.5, 0.6) is 0 Å². The molecule has 2 amide bonds. The molecule has 5 heteroatoms. The molecule has 0 heterocycles. The maximum absolute atomic E-state index is 12.1. The zero-order valence-corrected chi connectivity index (χ0v) is 11.7. The predicted molar refractivity (Wildman–Crippen MR) is 69.5 cm³/mol. The van der Waals surface area contributed by atoms with Gasteiger partial charge < -0.3 is 15.3 Å². The van der Waals surface area contributed by atoms with E-state index in [9.17, 15) is 9.59 Å². The van der Waals surface area contributed by atoms with Crippen molar-refractivity contribution in [1.82, 2.24) is 10.2 Å². The van der Waals surface area contributed by atoms with Crippen LogP contribution in [0, 0.1) is 0 Å². The maximum Gasteiger partial charge on any atom is 0.329 e. The number of carboxylic acid groups (broad SMARTS) is 1. The Morgan fingerprint density at radius 3 is 2.17 bits per heavy atom. The van der Waals surface area contributed by atoms with E-state index in [0.29, 0.717) is 0 Å². The number of hydrogen-bond donors (Lipinski definition) is 2. The largest absolute Gasteiger partial charge is 0.480 e. The molecule has 5 nitrogen and oxygen atoms in total. The van der Waals surface area contributed by atoms with Gasteiger partial charge in [-0.05, 0) is 33.6 Å². The molecule has 1 fully saturated rings. The van der Waals surface area contributed by atoms with Gasteiger partial charge in [-0.1, -0.05) is 19.3 Å². The highest BCUT2D eigenvalue weighted by atomic mass is 16.4. The highest BCUT2D eigenvalue weighted by Crippen LogP contribution is 2.28. The molecule has 18 heavy (non-hydrogen) atoms. The van der Waals surface area contributed by atoms with Crippen LogP contribution in [0.4, 0.5) is 4.79 Å². The third kappa shape index (κ3) is 3.15. The van der Waals surface area contributed by atoms with Crippen LogP contribution in [0.2, 0.25) is 0 Å². The van der Waals surface area contributed by atoms with Crippen molar-refractivity contribution < 1.29 is 14.7 Å². The first-order valence-electron chi connectivity index (χ1n) is 6.48. The summed E-state index contributed by atoms with van der Waals surface area (Å²) in [6.45, 7) is 5.09. The van der Waals surface area contributed by atoms with Gasteiger partial charge in [0, 0.05) is 12.6 Å². The Morgan fingerprint density at radius 1 is 1.22 bits per heavy atom. The SMILES string of the molecule is CN(C(=O)NC1(C)CCCCC1)C(C)(C)C(=O)O. The maximum atomic E-state index is 12.1. The second-order valence-electron chi connectivity index (χ2n) is 5.97. The van der Waals surface area contributed by atoms with Crippen molar-refractivity contribution in [3.05, 3.63) is 0 Å². The van der Waals surface area contributed by atoms with Crippen LogP contribution in [-0.2, 0) is 4.79 Å². The molecule has 0 saturated heterocycles. The Hall–Kier alpha value is -1.26. The van der Waals surface area contributed by atoms with Gasteiger partial charge in [0.2, 0.25) is 0 Å². The number of carbonyl (C=O) groups is 2. The second-order valence-corrected chi connectivity index (χ2v) is 5.97. The van der Waals surface area contributed by atoms with E-state index in [2.05, 4.69) is 5.32 Å². The van der Waals surface area contributed by atoms with Gasteiger partial charge in [0.1, 0.15) is 5.54 Å². The zero-order chi connectivity index (χ0) is 14.0. The third-order valence-corrected chi connectivity index (χ3v) is 4.03. The third-order valence-electron chi connectivity index (χ3n) is 4.03. The van der Waals surface area contributed by atoms with Gasteiger partial charge in [-0.25, -0.2) is 9.59 Å². The molecule has 1 saturated carbocycles. The molecule has 1 aliphatic rings. The fraction of sp³-hybridized carbons (Fsp3) is 0.846. The summed E-state index contributed by atoms with van der Waals surface area (Å²) in [7, 11) is 1.52. The van der Waals surface area contributed by atoms with Crippen LogP contribution in [0.15, 0.2) is 0 Å². The molecule has 0 atom stereocenters. The molecule has 0 aromatic heterocycles. The summed E-state index contributed by atoms with van der Waals surface area (Å²) in [5, 5.41) is 12.1. The van der Waals surface area contributed by atoms with Gasteiger partial charge >= 0.3 is 12.0 Å². The Kier molecular flexibility index (Phi) is 4.24. The monoisotopic (exact) mass is 256 g/mol. The van der Waals surface area contributed by atoms with Crippen molar-refractivity contribution in [2.75, 3.05) is 7.05 Å². The van der Waals surface area contributed by atoms with Gasteiger partial charge in [0.05, 0.1) is 0 Å². The van der Waals surface area contributed by atoms with E-state index in [1.54, 1.807) is 0 Å². The number of carbonyl (C=O) groups excluding carboxylic acids is 1. The van der Waals surface area contributed by atoms with E-state index < -0.39 is 11.5 Å². The topological polar surface area (TPSA) is 69.6 Å². The van der Waals surface area contributed by atoms with Gasteiger partial charge in [-0.2, -0.15) is 0 Å². The smallest absolute Gasteiger partial charge is 0.329 e. The van der Waals surface area contributed by atoms with Crippen molar-refractivity contribution in [2.24, 2.45) is 0 Å². The molecule has 0 aromatic carbocycles. The number of hydrogen-bond acceptors (Lipinski definition) is 2.